The molecule has 2 bridgehead atoms. The molecule has 0 aliphatic carbocycles. The Labute approximate surface area is 188 Å². The molecule has 0 fully saturated rings. The topological polar surface area (TPSA) is 3.24 Å². The summed E-state index contributed by atoms with van der Waals surface area (Å²) in [6, 6.07) is 39.5. The highest BCUT2D eigenvalue weighted by Crippen LogP contribution is 2.46. The zero-order valence-corrected chi connectivity index (χ0v) is 17.8. The van der Waals surface area contributed by atoms with E-state index < -0.39 is 0 Å². The first-order valence-electron chi connectivity index (χ1n) is 11.0. The molecular weight excluding hydrogens is 386 g/mol. The first-order valence-corrected chi connectivity index (χ1v) is 11.0. The maximum atomic E-state index is 3.92. The predicted molar refractivity (Wildman–Crippen MR) is 138 cm³/mol. The fraction of sp³-hybridized carbons (Fsp3) is 0.0323. The number of benzene rings is 4. The highest BCUT2D eigenvalue weighted by Gasteiger charge is 2.24. The summed E-state index contributed by atoms with van der Waals surface area (Å²) in [5.41, 5.74) is 7.56. The highest BCUT2D eigenvalue weighted by molar-refractivity contribution is 6.09. The molecule has 0 N–H and O–H groups in total. The van der Waals surface area contributed by atoms with Gasteiger partial charge in [-0.15, -0.1) is 0 Å². The lowest BCUT2D eigenvalue weighted by Crippen LogP contribution is -2.18. The molecule has 152 valence electrons. The van der Waals surface area contributed by atoms with E-state index in [0.717, 1.165) is 12.0 Å². The number of hydrogen-bond donors (Lipinski definition) is 0. The van der Waals surface area contributed by atoms with Crippen LogP contribution in [0.15, 0.2) is 116 Å². The molecule has 32 heavy (non-hydrogen) atoms. The summed E-state index contributed by atoms with van der Waals surface area (Å²) in [6.07, 6.45) is 2.85. The van der Waals surface area contributed by atoms with Crippen molar-refractivity contribution in [3.05, 3.63) is 132 Å². The number of nitrogens with zero attached hydrogens (tertiary/aromatic N) is 1. The largest absolute Gasteiger partial charge is 0.309 e. The number of anilines is 3. The van der Waals surface area contributed by atoms with Gasteiger partial charge in [0.15, 0.2) is 0 Å². The predicted octanol–water partition coefficient (Wildman–Crippen LogP) is 8.57. The Morgan fingerprint density at radius 3 is 2.06 bits per heavy atom. The van der Waals surface area contributed by atoms with Crippen LogP contribution in [-0.2, 0) is 6.42 Å². The van der Waals surface area contributed by atoms with Gasteiger partial charge < -0.3 is 4.90 Å². The van der Waals surface area contributed by atoms with E-state index in [1.807, 2.05) is 6.08 Å². The summed E-state index contributed by atoms with van der Waals surface area (Å²) in [5, 5.41) is 4.93. The van der Waals surface area contributed by atoms with E-state index in [-0.39, 0.29) is 0 Å². The van der Waals surface area contributed by atoms with Crippen molar-refractivity contribution in [1.29, 1.82) is 0 Å². The van der Waals surface area contributed by atoms with Gasteiger partial charge in [0.25, 0.3) is 0 Å². The Kier molecular flexibility index (Phi) is 4.40. The lowest BCUT2D eigenvalue weighted by atomic mass is 9.93. The molecule has 1 aliphatic heterocycles. The van der Waals surface area contributed by atoms with Crippen molar-refractivity contribution in [3.63, 3.8) is 0 Å². The Balaban J connectivity index is 1.66. The number of fused-ring (bicyclic) bond motifs is 3. The molecule has 1 aliphatic rings. The van der Waals surface area contributed by atoms with E-state index in [9.17, 15) is 0 Å². The Bertz CT molecular complexity index is 1480. The average Bonchev–Trinajstić information content (AvgIpc) is 2.84. The normalized spacial score (nSPS) is 12.3. The van der Waals surface area contributed by atoms with Crippen LogP contribution in [0.5, 0.6) is 0 Å². The molecule has 6 rings (SSSR count). The van der Waals surface area contributed by atoms with Crippen molar-refractivity contribution in [1.82, 2.24) is 0 Å². The maximum Gasteiger partial charge on any atom is 0.0540 e. The molecule has 0 radical (unpaired) electrons. The van der Waals surface area contributed by atoms with E-state index in [2.05, 4.69) is 121 Å². The van der Waals surface area contributed by atoms with E-state index in [4.69, 9.17) is 0 Å². The van der Waals surface area contributed by atoms with Gasteiger partial charge in [0.2, 0.25) is 0 Å². The van der Waals surface area contributed by atoms with E-state index >= 15 is 0 Å². The smallest absolute Gasteiger partial charge is 0.0540 e. The highest BCUT2D eigenvalue weighted by atomic mass is 15.2. The molecule has 0 unspecified atom stereocenters. The van der Waals surface area contributed by atoms with Gasteiger partial charge in [-0.3, -0.25) is 0 Å². The average molecular weight is 410 g/mol. The Morgan fingerprint density at radius 2 is 1.31 bits per heavy atom. The molecule has 1 heteroatoms. The molecule has 1 nitrogen and oxygen atoms in total. The van der Waals surface area contributed by atoms with Crippen LogP contribution in [0, 0.1) is 0 Å². The number of hydrogen-bond acceptors (Lipinski definition) is 1. The van der Waals surface area contributed by atoms with E-state index in [1.54, 1.807) is 0 Å². The quantitative estimate of drug-likeness (QED) is 0.277. The summed E-state index contributed by atoms with van der Waals surface area (Å²) < 4.78 is 0. The minimum Gasteiger partial charge on any atom is -0.309 e. The van der Waals surface area contributed by atoms with Crippen molar-refractivity contribution in [3.8, 4) is 0 Å². The molecular formula is C31H23N. The summed E-state index contributed by atoms with van der Waals surface area (Å²) in [6.45, 7) is 3.92. The lowest BCUT2D eigenvalue weighted by molar-refractivity contribution is 1.09. The van der Waals surface area contributed by atoms with Crippen molar-refractivity contribution in [2.45, 2.75) is 6.42 Å². The lowest BCUT2D eigenvalue weighted by Gasteiger charge is -2.34. The van der Waals surface area contributed by atoms with Crippen molar-refractivity contribution in [2.24, 2.45) is 0 Å². The summed E-state index contributed by atoms with van der Waals surface area (Å²) in [5.74, 6) is 0. The standard InChI is InChI=1S/C31H23N/c1-2-22-8-7-11-24-17-19-31(27-18-16-23(15-14-22)20-28(24)27)32-29-12-5-3-9-25(29)21-26-10-4-6-13-30(26)32/h2-20H,1,21H2. The van der Waals surface area contributed by atoms with Crippen molar-refractivity contribution < 1.29 is 0 Å². The second-order valence-corrected chi connectivity index (χ2v) is 8.31. The second-order valence-electron chi connectivity index (χ2n) is 8.31. The number of para-hydroxylation sites is 2. The first kappa shape index (κ1) is 18.7. The van der Waals surface area contributed by atoms with Crippen LogP contribution in [0.25, 0.3) is 27.6 Å². The zero-order valence-electron chi connectivity index (χ0n) is 17.8. The van der Waals surface area contributed by atoms with Crippen molar-refractivity contribution >= 4 is 44.7 Å². The van der Waals surface area contributed by atoms with Gasteiger partial charge >= 0.3 is 0 Å². The minimum atomic E-state index is 0.967. The fourth-order valence-electron chi connectivity index (χ4n) is 4.81. The van der Waals surface area contributed by atoms with Gasteiger partial charge in [0, 0.05) is 23.2 Å². The van der Waals surface area contributed by atoms with Crippen LogP contribution in [0.1, 0.15) is 16.7 Å². The molecule has 1 heterocycles. The van der Waals surface area contributed by atoms with Crippen LogP contribution in [0.2, 0.25) is 0 Å². The third-order valence-electron chi connectivity index (χ3n) is 6.41. The Hall–Kier alpha value is -4.10. The molecule has 0 saturated carbocycles. The first-order chi connectivity index (χ1) is 15.8. The third-order valence-corrected chi connectivity index (χ3v) is 6.41. The Morgan fingerprint density at radius 1 is 0.594 bits per heavy atom. The minimum absolute atomic E-state index is 0.967. The number of rotatable bonds is 2. The van der Waals surface area contributed by atoms with Crippen LogP contribution < -0.4 is 4.90 Å². The van der Waals surface area contributed by atoms with Gasteiger partial charge in [0.1, 0.15) is 0 Å². The van der Waals surface area contributed by atoms with Gasteiger partial charge in [-0.05, 0) is 57.1 Å². The SMILES string of the molecule is C=Cc1cccc2ccc(N3c4ccccc4Cc4ccccc43)c3ccc(cc1)cc23. The van der Waals surface area contributed by atoms with Gasteiger partial charge in [-0.1, -0.05) is 97.6 Å². The van der Waals surface area contributed by atoms with Crippen LogP contribution in [0.4, 0.5) is 17.1 Å². The summed E-state index contributed by atoms with van der Waals surface area (Å²) >= 11 is 0. The summed E-state index contributed by atoms with van der Waals surface area (Å²) in [4.78, 5) is 2.43. The van der Waals surface area contributed by atoms with Crippen LogP contribution in [-0.4, -0.2) is 0 Å². The third kappa shape index (κ3) is 3.02. The van der Waals surface area contributed by atoms with Gasteiger partial charge in [-0.2, -0.15) is 0 Å². The molecule has 0 aromatic heterocycles. The molecule has 5 aromatic rings. The van der Waals surface area contributed by atoms with Crippen LogP contribution in [0.3, 0.4) is 0 Å². The molecule has 0 saturated heterocycles. The molecule has 0 spiro atoms. The maximum absolute atomic E-state index is 3.92. The van der Waals surface area contributed by atoms with Crippen LogP contribution >= 0.6 is 0 Å². The molecule has 0 amide bonds. The molecule has 0 atom stereocenters. The van der Waals surface area contributed by atoms with E-state index in [1.165, 1.54) is 49.7 Å². The van der Waals surface area contributed by atoms with Gasteiger partial charge in [-0.25, -0.2) is 0 Å². The molecule has 5 aromatic carbocycles. The van der Waals surface area contributed by atoms with Gasteiger partial charge in [0.05, 0.1) is 5.69 Å². The van der Waals surface area contributed by atoms with E-state index in [0.29, 0.717) is 0 Å². The van der Waals surface area contributed by atoms with Crippen molar-refractivity contribution in [2.75, 3.05) is 4.90 Å². The zero-order chi connectivity index (χ0) is 21.5. The monoisotopic (exact) mass is 409 g/mol. The second kappa shape index (κ2) is 7.55. The summed E-state index contributed by atoms with van der Waals surface area (Å²) in [7, 11) is 0. The fourth-order valence-corrected chi connectivity index (χ4v) is 4.81.